The molecule has 6 heteroatoms. The van der Waals surface area contributed by atoms with Gasteiger partial charge in [-0.2, -0.15) is 0 Å². The molecule has 1 amide bonds. The molecule has 0 heterocycles. The highest BCUT2D eigenvalue weighted by atomic mass is 19.1. The number of carboxylic acid groups (broad SMARTS) is 1. The maximum atomic E-state index is 12.7. The summed E-state index contributed by atoms with van der Waals surface area (Å²) >= 11 is 0. The van der Waals surface area contributed by atoms with Crippen molar-refractivity contribution in [1.29, 1.82) is 0 Å². The van der Waals surface area contributed by atoms with Gasteiger partial charge < -0.3 is 16.2 Å². The number of carbonyl (C=O) groups is 2. The summed E-state index contributed by atoms with van der Waals surface area (Å²) in [5.74, 6) is 0.507. The van der Waals surface area contributed by atoms with Gasteiger partial charge in [0.1, 0.15) is 12.7 Å². The highest BCUT2D eigenvalue weighted by Gasteiger charge is 2.14. The molecule has 0 unspecified atom stereocenters. The molecule has 0 aromatic heterocycles. The second-order valence-electron chi connectivity index (χ2n) is 3.71. The molecular weight excluding hydrogens is 251 g/mol. The van der Waals surface area contributed by atoms with Crippen LogP contribution >= 0.6 is 0 Å². The largest absolute Gasteiger partial charge is 0.480 e. The predicted molar refractivity (Wildman–Crippen MR) is 69.6 cm³/mol. The number of hydrogen-bond donors (Lipinski definition) is 3. The maximum absolute atomic E-state index is 12.7. The second kappa shape index (κ2) is 8.89. The highest BCUT2D eigenvalue weighted by Crippen LogP contribution is 2.05. The fourth-order valence-corrected chi connectivity index (χ4v) is 1.22. The van der Waals surface area contributed by atoms with Gasteiger partial charge in [-0.3, -0.25) is 9.59 Å². The van der Waals surface area contributed by atoms with E-state index in [4.69, 9.17) is 17.3 Å². The van der Waals surface area contributed by atoms with Crippen molar-refractivity contribution < 1.29 is 19.1 Å². The monoisotopic (exact) mass is 268 g/mol. The van der Waals surface area contributed by atoms with E-state index in [9.17, 15) is 14.0 Å². The van der Waals surface area contributed by atoms with E-state index in [0.29, 0.717) is 0 Å². The third-order valence-electron chi connectivity index (χ3n) is 2.24. The van der Waals surface area contributed by atoms with E-state index in [2.05, 4.69) is 11.2 Å². The van der Waals surface area contributed by atoms with Gasteiger partial charge in [0, 0.05) is 12.0 Å². The first-order valence-corrected chi connectivity index (χ1v) is 5.62. The minimum atomic E-state index is -1.18. The highest BCUT2D eigenvalue weighted by molar-refractivity contribution is 5.80. The molecule has 0 aromatic rings. The number of aliphatic carboxylic acids is 1. The number of carbonyl (C=O) groups excluding carboxylic acids is 1. The number of amides is 1. The zero-order valence-corrected chi connectivity index (χ0v) is 10.6. The molecule has 0 saturated heterocycles. The quantitative estimate of drug-likeness (QED) is 0.469. The summed E-state index contributed by atoms with van der Waals surface area (Å²) in [4.78, 5) is 22.0. The van der Waals surface area contributed by atoms with Crippen molar-refractivity contribution in [2.75, 3.05) is 6.67 Å². The molecule has 0 spiro atoms. The van der Waals surface area contributed by atoms with Gasteiger partial charge in [-0.1, -0.05) is 18.1 Å². The molecule has 0 aliphatic rings. The number of hydrogen-bond acceptors (Lipinski definition) is 3. The van der Waals surface area contributed by atoms with E-state index >= 15 is 0 Å². The van der Waals surface area contributed by atoms with Gasteiger partial charge in [0.25, 0.3) is 0 Å². The fourth-order valence-electron chi connectivity index (χ4n) is 1.22. The summed E-state index contributed by atoms with van der Waals surface area (Å²) in [5, 5.41) is 10.9. The van der Waals surface area contributed by atoms with Crippen LogP contribution in [-0.4, -0.2) is 29.7 Å². The summed E-state index contributed by atoms with van der Waals surface area (Å²) in [6.45, 7) is 0.885. The lowest BCUT2D eigenvalue weighted by molar-refractivity contribution is -0.138. The van der Waals surface area contributed by atoms with Crippen molar-refractivity contribution in [3.63, 3.8) is 0 Å². The summed E-state index contributed by atoms with van der Waals surface area (Å²) in [6, 6.07) is -1.11. The topological polar surface area (TPSA) is 92.4 Å². The third kappa shape index (κ3) is 6.38. The van der Waals surface area contributed by atoms with Crippen LogP contribution < -0.4 is 11.1 Å². The molecule has 0 bridgehead atoms. The van der Waals surface area contributed by atoms with Crippen LogP contribution in [0.25, 0.3) is 0 Å². The Morgan fingerprint density at radius 3 is 2.63 bits per heavy atom. The van der Waals surface area contributed by atoms with Crippen molar-refractivity contribution in [1.82, 2.24) is 5.32 Å². The smallest absolute Gasteiger partial charge is 0.320 e. The minimum absolute atomic E-state index is 0.0202. The first-order chi connectivity index (χ1) is 8.96. The number of alkyl halides is 1. The van der Waals surface area contributed by atoms with E-state index < -0.39 is 24.6 Å². The first kappa shape index (κ1) is 16.9. The lowest BCUT2D eigenvalue weighted by atomic mass is 10.1. The SMILES string of the molecule is C#C/C(NC(=O)CC[C@H](N)C(=O)O)=C(\C=C/C)CF. The molecule has 0 saturated carbocycles. The number of carboxylic acids is 1. The number of nitrogens with one attached hydrogen (secondary N) is 1. The zero-order chi connectivity index (χ0) is 14.8. The molecule has 0 aliphatic heterocycles. The van der Waals surface area contributed by atoms with Crippen LogP contribution in [0.1, 0.15) is 19.8 Å². The van der Waals surface area contributed by atoms with Gasteiger partial charge in [-0.15, -0.1) is 6.42 Å². The first-order valence-electron chi connectivity index (χ1n) is 5.62. The van der Waals surface area contributed by atoms with Crippen molar-refractivity contribution in [2.45, 2.75) is 25.8 Å². The van der Waals surface area contributed by atoms with Crippen LogP contribution in [-0.2, 0) is 9.59 Å². The van der Waals surface area contributed by atoms with Crippen LogP contribution in [0.4, 0.5) is 4.39 Å². The molecule has 19 heavy (non-hydrogen) atoms. The van der Waals surface area contributed by atoms with Gasteiger partial charge in [-0.05, 0) is 13.3 Å². The number of terminal acetylenes is 1. The van der Waals surface area contributed by atoms with Crippen molar-refractivity contribution in [3.05, 3.63) is 23.4 Å². The standard InChI is InChI=1S/C13H17FN2O3/c1-3-5-9(8-14)11(4-2)16-12(17)7-6-10(15)13(18)19/h2-3,5,10H,6-8,15H2,1H3,(H,16,17)(H,18,19)/b5-3-,11-9-/t10-/m0/s1. The molecule has 0 aromatic carbocycles. The van der Waals surface area contributed by atoms with Crippen LogP contribution in [0.5, 0.6) is 0 Å². The van der Waals surface area contributed by atoms with Gasteiger partial charge in [0.05, 0.1) is 5.70 Å². The van der Waals surface area contributed by atoms with Gasteiger partial charge in [0.2, 0.25) is 5.91 Å². The molecule has 0 fully saturated rings. The van der Waals surface area contributed by atoms with Gasteiger partial charge >= 0.3 is 5.97 Å². The Labute approximate surface area is 111 Å². The molecule has 5 nitrogen and oxygen atoms in total. The van der Waals surface area contributed by atoms with Gasteiger partial charge in [-0.25, -0.2) is 4.39 Å². The molecule has 104 valence electrons. The number of allylic oxidation sites excluding steroid dienone is 4. The Morgan fingerprint density at radius 1 is 1.58 bits per heavy atom. The Hall–Kier alpha value is -2.13. The zero-order valence-electron chi connectivity index (χ0n) is 10.6. The normalized spacial score (nSPS) is 13.6. The molecule has 0 rings (SSSR count). The Kier molecular flexibility index (Phi) is 7.89. The summed E-state index contributed by atoms with van der Waals surface area (Å²) in [6.07, 6.45) is 8.12. The average molecular weight is 268 g/mol. The lowest BCUT2D eigenvalue weighted by Crippen LogP contribution is -2.32. The van der Waals surface area contributed by atoms with Crippen molar-refractivity contribution in [3.8, 4) is 12.3 Å². The number of rotatable bonds is 7. The minimum Gasteiger partial charge on any atom is -0.480 e. The van der Waals surface area contributed by atoms with E-state index in [1.165, 1.54) is 6.08 Å². The molecular formula is C13H17FN2O3. The van der Waals surface area contributed by atoms with E-state index in [0.717, 1.165) is 0 Å². The average Bonchev–Trinajstić information content (AvgIpc) is 2.39. The summed E-state index contributed by atoms with van der Waals surface area (Å²) in [5.41, 5.74) is 5.48. The number of halogens is 1. The van der Waals surface area contributed by atoms with Crippen LogP contribution in [0.3, 0.4) is 0 Å². The van der Waals surface area contributed by atoms with E-state index in [1.807, 2.05) is 0 Å². The Bertz CT molecular complexity index is 436. The van der Waals surface area contributed by atoms with Crippen LogP contribution in [0.15, 0.2) is 23.4 Å². The van der Waals surface area contributed by atoms with Crippen molar-refractivity contribution >= 4 is 11.9 Å². The third-order valence-corrected chi connectivity index (χ3v) is 2.24. The van der Waals surface area contributed by atoms with Crippen LogP contribution in [0.2, 0.25) is 0 Å². The number of nitrogens with two attached hydrogens (primary N) is 1. The fraction of sp³-hybridized carbons (Fsp3) is 0.385. The summed E-state index contributed by atoms with van der Waals surface area (Å²) in [7, 11) is 0. The lowest BCUT2D eigenvalue weighted by Gasteiger charge is -2.09. The van der Waals surface area contributed by atoms with Gasteiger partial charge in [0.15, 0.2) is 0 Å². The molecule has 0 radical (unpaired) electrons. The molecule has 4 N–H and O–H groups in total. The molecule has 1 atom stereocenters. The predicted octanol–water partition coefficient (Wildman–Crippen LogP) is 0.728. The van der Waals surface area contributed by atoms with Crippen molar-refractivity contribution in [2.24, 2.45) is 5.73 Å². The summed E-state index contributed by atoms with van der Waals surface area (Å²) < 4.78 is 12.7. The molecule has 0 aliphatic carbocycles. The Morgan fingerprint density at radius 2 is 2.21 bits per heavy atom. The maximum Gasteiger partial charge on any atom is 0.320 e. The van der Waals surface area contributed by atoms with E-state index in [-0.39, 0.29) is 24.1 Å². The van der Waals surface area contributed by atoms with E-state index in [1.54, 1.807) is 13.0 Å². The van der Waals surface area contributed by atoms with Crippen LogP contribution in [0, 0.1) is 12.3 Å². The second-order valence-corrected chi connectivity index (χ2v) is 3.71. The Balaban J connectivity index is 4.61.